The van der Waals surface area contributed by atoms with Crippen molar-refractivity contribution in [3.63, 3.8) is 0 Å². The highest BCUT2D eigenvalue weighted by molar-refractivity contribution is 6.34. The Kier molecular flexibility index (Phi) is 3.60. The maximum Gasteiger partial charge on any atom is 0.142 e. The van der Waals surface area contributed by atoms with E-state index in [0.29, 0.717) is 27.3 Å². The molecule has 0 atom stereocenters. The standard InChI is InChI=1S/C14H10Cl2F2/c1-7-5-13(18)11(15)6-10(7)9-3-4-12(17)8(2)14(9)16/h3-6H,1-2H3. The molecule has 0 amide bonds. The first-order chi connectivity index (χ1) is 8.41. The molecule has 0 aliphatic rings. The number of benzene rings is 2. The monoisotopic (exact) mass is 286 g/mol. The Hall–Kier alpha value is -1.12. The average Bonchev–Trinajstić information content (AvgIpc) is 2.32. The Morgan fingerprint density at radius 3 is 2.22 bits per heavy atom. The molecule has 0 spiro atoms. The van der Waals surface area contributed by atoms with Crippen LogP contribution in [-0.4, -0.2) is 0 Å². The van der Waals surface area contributed by atoms with Crippen LogP contribution < -0.4 is 0 Å². The Morgan fingerprint density at radius 1 is 0.889 bits per heavy atom. The average molecular weight is 287 g/mol. The Morgan fingerprint density at radius 2 is 1.56 bits per heavy atom. The van der Waals surface area contributed by atoms with Crippen LogP contribution in [0.5, 0.6) is 0 Å². The van der Waals surface area contributed by atoms with Gasteiger partial charge in [-0.15, -0.1) is 0 Å². The van der Waals surface area contributed by atoms with Crippen molar-refractivity contribution in [3.8, 4) is 11.1 Å². The molecule has 0 saturated carbocycles. The van der Waals surface area contributed by atoms with E-state index in [4.69, 9.17) is 23.2 Å². The largest absolute Gasteiger partial charge is 0.207 e. The van der Waals surface area contributed by atoms with Crippen LogP contribution in [0.15, 0.2) is 24.3 Å². The molecule has 0 saturated heterocycles. The Balaban J connectivity index is 2.70. The molecular formula is C14H10Cl2F2. The van der Waals surface area contributed by atoms with Crippen molar-refractivity contribution in [3.05, 3.63) is 57.1 Å². The molecule has 2 aromatic rings. The maximum absolute atomic E-state index is 13.3. The number of halogens is 4. The van der Waals surface area contributed by atoms with Gasteiger partial charge in [-0.25, -0.2) is 8.78 Å². The van der Waals surface area contributed by atoms with E-state index in [9.17, 15) is 8.78 Å². The second-order valence-corrected chi connectivity index (χ2v) is 4.90. The fourth-order valence-corrected chi connectivity index (χ4v) is 2.22. The highest BCUT2D eigenvalue weighted by atomic mass is 35.5. The van der Waals surface area contributed by atoms with Gasteiger partial charge in [0.25, 0.3) is 0 Å². The molecule has 0 heterocycles. The molecular weight excluding hydrogens is 277 g/mol. The van der Waals surface area contributed by atoms with Gasteiger partial charge in [-0.2, -0.15) is 0 Å². The molecule has 4 heteroatoms. The van der Waals surface area contributed by atoms with Crippen molar-refractivity contribution in [1.29, 1.82) is 0 Å². The fraction of sp³-hybridized carbons (Fsp3) is 0.143. The van der Waals surface area contributed by atoms with E-state index in [1.807, 2.05) is 0 Å². The molecule has 0 aliphatic carbocycles. The van der Waals surface area contributed by atoms with E-state index in [2.05, 4.69) is 0 Å². The maximum atomic E-state index is 13.3. The third-order valence-electron chi connectivity index (χ3n) is 2.88. The van der Waals surface area contributed by atoms with Crippen molar-refractivity contribution in [2.75, 3.05) is 0 Å². The number of rotatable bonds is 1. The fourth-order valence-electron chi connectivity index (χ4n) is 1.81. The number of hydrogen-bond acceptors (Lipinski definition) is 0. The third kappa shape index (κ3) is 2.23. The van der Waals surface area contributed by atoms with Crippen LogP contribution in [0.2, 0.25) is 10.0 Å². The molecule has 0 bridgehead atoms. The summed E-state index contributed by atoms with van der Waals surface area (Å²) in [6.45, 7) is 3.35. The summed E-state index contributed by atoms with van der Waals surface area (Å²) in [6.07, 6.45) is 0. The van der Waals surface area contributed by atoms with Gasteiger partial charge in [-0.1, -0.05) is 23.2 Å². The van der Waals surface area contributed by atoms with Gasteiger partial charge in [0, 0.05) is 11.1 Å². The van der Waals surface area contributed by atoms with Crippen LogP contribution >= 0.6 is 23.2 Å². The van der Waals surface area contributed by atoms with Crippen molar-refractivity contribution >= 4 is 23.2 Å². The van der Waals surface area contributed by atoms with Crippen LogP contribution in [0.1, 0.15) is 11.1 Å². The van der Waals surface area contributed by atoms with Crippen molar-refractivity contribution in [2.45, 2.75) is 13.8 Å². The van der Waals surface area contributed by atoms with Crippen molar-refractivity contribution < 1.29 is 8.78 Å². The smallest absolute Gasteiger partial charge is 0.142 e. The van der Waals surface area contributed by atoms with Gasteiger partial charge in [0.1, 0.15) is 11.6 Å². The minimum absolute atomic E-state index is 0.0219. The minimum Gasteiger partial charge on any atom is -0.207 e. The molecule has 2 rings (SSSR count). The van der Waals surface area contributed by atoms with E-state index in [1.165, 1.54) is 18.2 Å². The molecule has 0 radical (unpaired) electrons. The van der Waals surface area contributed by atoms with Crippen LogP contribution in [0.4, 0.5) is 8.78 Å². The molecule has 0 N–H and O–H groups in total. The summed E-state index contributed by atoms with van der Waals surface area (Å²) in [5.41, 5.74) is 2.42. The highest BCUT2D eigenvalue weighted by Crippen LogP contribution is 2.35. The Bertz CT molecular complexity index is 622. The van der Waals surface area contributed by atoms with Gasteiger partial charge in [-0.3, -0.25) is 0 Å². The summed E-state index contributed by atoms with van der Waals surface area (Å²) >= 11 is 11.9. The molecule has 0 aliphatic heterocycles. The molecule has 94 valence electrons. The predicted molar refractivity (Wildman–Crippen MR) is 71.3 cm³/mol. The summed E-state index contributed by atoms with van der Waals surface area (Å²) in [4.78, 5) is 0. The van der Waals surface area contributed by atoms with Gasteiger partial charge in [-0.05, 0) is 49.2 Å². The topological polar surface area (TPSA) is 0 Å². The molecule has 0 unspecified atom stereocenters. The summed E-state index contributed by atoms with van der Waals surface area (Å²) < 4.78 is 26.6. The SMILES string of the molecule is Cc1cc(F)c(Cl)cc1-c1ccc(F)c(C)c1Cl. The van der Waals surface area contributed by atoms with Crippen LogP contribution in [0.3, 0.4) is 0 Å². The van der Waals surface area contributed by atoms with Gasteiger partial charge in [0.05, 0.1) is 10.0 Å². The lowest BCUT2D eigenvalue weighted by Gasteiger charge is -2.11. The quantitative estimate of drug-likeness (QED) is 0.644. The normalized spacial score (nSPS) is 10.8. The number of aryl methyl sites for hydroxylation is 1. The second kappa shape index (κ2) is 4.87. The van der Waals surface area contributed by atoms with Gasteiger partial charge in [0.2, 0.25) is 0 Å². The lowest BCUT2D eigenvalue weighted by atomic mass is 9.98. The van der Waals surface area contributed by atoms with E-state index in [0.717, 1.165) is 0 Å². The molecule has 0 nitrogen and oxygen atoms in total. The second-order valence-electron chi connectivity index (χ2n) is 4.12. The molecule has 2 aromatic carbocycles. The van der Waals surface area contributed by atoms with Crippen LogP contribution in [0.25, 0.3) is 11.1 Å². The zero-order chi connectivity index (χ0) is 13.4. The zero-order valence-corrected chi connectivity index (χ0v) is 11.3. The summed E-state index contributed by atoms with van der Waals surface area (Å²) in [7, 11) is 0. The third-order valence-corrected chi connectivity index (χ3v) is 3.65. The summed E-state index contributed by atoms with van der Waals surface area (Å²) in [5.74, 6) is -0.845. The molecule has 0 fully saturated rings. The van der Waals surface area contributed by atoms with Crippen LogP contribution in [0, 0.1) is 25.5 Å². The van der Waals surface area contributed by atoms with Gasteiger partial charge >= 0.3 is 0 Å². The first kappa shape index (κ1) is 13.3. The highest BCUT2D eigenvalue weighted by Gasteiger charge is 2.13. The molecule has 0 aromatic heterocycles. The van der Waals surface area contributed by atoms with Crippen molar-refractivity contribution in [2.24, 2.45) is 0 Å². The summed E-state index contributed by atoms with van der Waals surface area (Å²) in [5, 5.41) is 0.342. The van der Waals surface area contributed by atoms with Crippen molar-refractivity contribution in [1.82, 2.24) is 0 Å². The first-order valence-corrected chi connectivity index (χ1v) is 6.08. The van der Waals surface area contributed by atoms with Crippen LogP contribution in [-0.2, 0) is 0 Å². The summed E-state index contributed by atoms with van der Waals surface area (Å²) in [6, 6.07) is 5.76. The Labute approximate surface area is 114 Å². The van der Waals surface area contributed by atoms with E-state index >= 15 is 0 Å². The first-order valence-electron chi connectivity index (χ1n) is 5.32. The van der Waals surface area contributed by atoms with Gasteiger partial charge in [0.15, 0.2) is 0 Å². The number of hydrogen-bond donors (Lipinski definition) is 0. The molecule has 18 heavy (non-hydrogen) atoms. The lowest BCUT2D eigenvalue weighted by Crippen LogP contribution is -1.91. The lowest BCUT2D eigenvalue weighted by molar-refractivity contribution is 0.618. The zero-order valence-electron chi connectivity index (χ0n) is 9.82. The van der Waals surface area contributed by atoms with Gasteiger partial charge < -0.3 is 0 Å². The van der Waals surface area contributed by atoms with E-state index in [-0.39, 0.29) is 10.8 Å². The minimum atomic E-state index is -0.479. The predicted octanol–water partition coefficient (Wildman–Crippen LogP) is 5.56. The van der Waals surface area contributed by atoms with E-state index in [1.54, 1.807) is 19.9 Å². The van der Waals surface area contributed by atoms with E-state index < -0.39 is 5.82 Å².